The number of hydrogen-bond donors (Lipinski definition) is 0. The van der Waals surface area contributed by atoms with Crippen LogP contribution in [-0.4, -0.2) is 24.5 Å². The summed E-state index contributed by atoms with van der Waals surface area (Å²) in [5.41, 5.74) is 8.75. The van der Waals surface area contributed by atoms with Crippen LogP contribution < -0.4 is 0 Å². The molecule has 51 heavy (non-hydrogen) atoms. The largest absolute Gasteiger partial charge is 0.294 e. The van der Waals surface area contributed by atoms with Crippen molar-refractivity contribution in [2.24, 2.45) is 0 Å². The summed E-state index contributed by atoms with van der Waals surface area (Å²) in [6.07, 6.45) is 1.85. The Labute approximate surface area is 300 Å². The lowest BCUT2D eigenvalue weighted by Gasteiger charge is -2.33. The summed E-state index contributed by atoms with van der Waals surface area (Å²) in [5.74, 6) is 2.03. The van der Waals surface area contributed by atoms with Gasteiger partial charge >= 0.3 is 0 Å². The molecule has 0 aliphatic carbocycles. The smallest absolute Gasteiger partial charge is 0.164 e. The Morgan fingerprint density at radius 3 is 1.76 bits per heavy atom. The van der Waals surface area contributed by atoms with Gasteiger partial charge < -0.3 is 0 Å². The van der Waals surface area contributed by atoms with E-state index >= 15 is 0 Å². The molecule has 6 heteroatoms. The SMILES string of the molecule is Cc1ccnc(-n2c3ccccc3c3ccc(-c4nc(-c5cccc(F)c5)nc(-c5c(C(C)(C)C)cc(C(C)(C)C)cc5C(C)(C)C)n4)cc32)c1. The Kier molecular flexibility index (Phi) is 8.20. The van der Waals surface area contributed by atoms with Gasteiger partial charge in [0.15, 0.2) is 17.5 Å². The van der Waals surface area contributed by atoms with E-state index < -0.39 is 0 Å². The van der Waals surface area contributed by atoms with Gasteiger partial charge in [0.1, 0.15) is 11.6 Å². The number of halogens is 1. The molecule has 0 spiro atoms. The second-order valence-electron chi connectivity index (χ2n) is 16.8. The van der Waals surface area contributed by atoms with E-state index in [9.17, 15) is 4.39 Å². The van der Waals surface area contributed by atoms with Crippen LogP contribution in [0.4, 0.5) is 4.39 Å². The first kappa shape index (κ1) is 34.2. The molecule has 3 aromatic heterocycles. The van der Waals surface area contributed by atoms with Crippen LogP contribution in [0.25, 0.3) is 61.8 Å². The van der Waals surface area contributed by atoms with Gasteiger partial charge in [-0.2, -0.15) is 0 Å². The van der Waals surface area contributed by atoms with E-state index in [1.165, 1.54) is 28.8 Å². The highest BCUT2D eigenvalue weighted by Crippen LogP contribution is 2.43. The van der Waals surface area contributed by atoms with Crippen molar-refractivity contribution in [1.82, 2.24) is 24.5 Å². The van der Waals surface area contributed by atoms with Crippen molar-refractivity contribution in [1.29, 1.82) is 0 Å². The maximum Gasteiger partial charge on any atom is 0.164 e. The molecule has 0 radical (unpaired) electrons. The number of para-hydroxylation sites is 1. The molecule has 5 nitrogen and oxygen atoms in total. The molecule has 0 aliphatic heterocycles. The molecule has 0 saturated carbocycles. The number of benzene rings is 4. The fourth-order valence-electron chi connectivity index (χ4n) is 6.87. The van der Waals surface area contributed by atoms with Gasteiger partial charge in [-0.25, -0.2) is 24.3 Å². The third-order valence-corrected chi connectivity index (χ3v) is 9.62. The normalized spacial score (nSPS) is 12.6. The van der Waals surface area contributed by atoms with Crippen molar-refractivity contribution in [2.75, 3.05) is 0 Å². The van der Waals surface area contributed by atoms with Crippen molar-refractivity contribution in [2.45, 2.75) is 85.5 Å². The lowest BCUT2D eigenvalue weighted by atomic mass is 9.72. The highest BCUT2D eigenvalue weighted by molar-refractivity contribution is 6.10. The maximum atomic E-state index is 14.7. The van der Waals surface area contributed by atoms with Crippen LogP contribution in [0.3, 0.4) is 0 Å². The van der Waals surface area contributed by atoms with E-state index in [1.807, 2.05) is 18.3 Å². The number of rotatable bonds is 4. The van der Waals surface area contributed by atoms with E-state index in [0.29, 0.717) is 23.0 Å². The predicted molar refractivity (Wildman–Crippen MR) is 209 cm³/mol. The Bertz CT molecular complexity index is 2420. The van der Waals surface area contributed by atoms with Crippen LogP contribution in [0, 0.1) is 12.7 Å². The summed E-state index contributed by atoms with van der Waals surface area (Å²) >= 11 is 0. The van der Waals surface area contributed by atoms with Gasteiger partial charge in [-0.05, 0) is 81.8 Å². The molecular formula is C45H46FN5. The van der Waals surface area contributed by atoms with Gasteiger partial charge in [0.25, 0.3) is 0 Å². The number of pyridine rings is 1. The van der Waals surface area contributed by atoms with Crippen molar-refractivity contribution < 1.29 is 4.39 Å². The molecule has 0 unspecified atom stereocenters. The van der Waals surface area contributed by atoms with E-state index in [1.54, 1.807) is 6.07 Å². The summed E-state index contributed by atoms with van der Waals surface area (Å²) in [6.45, 7) is 22.3. The summed E-state index contributed by atoms with van der Waals surface area (Å²) in [5, 5.41) is 2.25. The molecule has 0 amide bonds. The number of aryl methyl sites for hydroxylation is 1. The molecule has 0 fully saturated rings. The van der Waals surface area contributed by atoms with Crippen LogP contribution in [0.15, 0.2) is 97.2 Å². The maximum absolute atomic E-state index is 14.7. The summed E-state index contributed by atoms with van der Waals surface area (Å²) in [7, 11) is 0. The van der Waals surface area contributed by atoms with Crippen molar-refractivity contribution in [3.05, 3.63) is 125 Å². The zero-order valence-corrected chi connectivity index (χ0v) is 31.4. The monoisotopic (exact) mass is 675 g/mol. The van der Waals surface area contributed by atoms with E-state index in [4.69, 9.17) is 19.9 Å². The van der Waals surface area contributed by atoms with Crippen molar-refractivity contribution in [3.63, 3.8) is 0 Å². The van der Waals surface area contributed by atoms with Crippen molar-refractivity contribution in [3.8, 4) is 40.0 Å². The predicted octanol–water partition coefficient (Wildman–Crippen LogP) is 11.7. The highest BCUT2D eigenvalue weighted by atomic mass is 19.1. The average Bonchev–Trinajstić information content (AvgIpc) is 3.40. The fourth-order valence-corrected chi connectivity index (χ4v) is 6.87. The third kappa shape index (κ3) is 6.44. The minimum atomic E-state index is -0.340. The van der Waals surface area contributed by atoms with Gasteiger partial charge in [-0.15, -0.1) is 0 Å². The van der Waals surface area contributed by atoms with Gasteiger partial charge in [0.05, 0.1) is 11.0 Å². The summed E-state index contributed by atoms with van der Waals surface area (Å²) < 4.78 is 16.9. The Balaban J connectivity index is 1.56. The standard InChI is InChI=1S/C45H46FN5/c1-27-20-21-47-38(22-27)51-36-17-12-11-16-32(36)33-19-18-29(24-37(33)51)41-48-40(28-14-13-15-31(46)23-28)49-42(50-41)39-34(44(5,6)7)25-30(43(2,3)4)26-35(39)45(8,9)10/h11-26H,1-10H3. The molecule has 0 atom stereocenters. The number of fused-ring (bicyclic) bond motifs is 3. The van der Waals surface area contributed by atoms with Crippen LogP contribution in [0.5, 0.6) is 0 Å². The molecular weight excluding hydrogens is 630 g/mol. The second-order valence-corrected chi connectivity index (χ2v) is 16.8. The third-order valence-electron chi connectivity index (χ3n) is 9.62. The van der Waals surface area contributed by atoms with Crippen LogP contribution >= 0.6 is 0 Å². The first-order chi connectivity index (χ1) is 24.0. The quantitative estimate of drug-likeness (QED) is 0.186. The summed E-state index contributed by atoms with van der Waals surface area (Å²) in [4.78, 5) is 20.3. The van der Waals surface area contributed by atoms with Crippen LogP contribution in [0.2, 0.25) is 0 Å². The molecule has 0 aliphatic rings. The van der Waals surface area contributed by atoms with Gasteiger partial charge in [0, 0.05) is 33.7 Å². The highest BCUT2D eigenvalue weighted by Gasteiger charge is 2.31. The molecule has 0 saturated heterocycles. The van der Waals surface area contributed by atoms with Crippen molar-refractivity contribution >= 4 is 21.8 Å². The first-order valence-corrected chi connectivity index (χ1v) is 17.7. The Morgan fingerprint density at radius 1 is 0.549 bits per heavy atom. The fraction of sp³-hybridized carbons (Fsp3) is 0.289. The first-order valence-electron chi connectivity index (χ1n) is 17.7. The van der Waals surface area contributed by atoms with Crippen LogP contribution in [0.1, 0.15) is 84.6 Å². The molecule has 0 bridgehead atoms. The zero-order chi connectivity index (χ0) is 36.5. The van der Waals surface area contributed by atoms with Gasteiger partial charge in [-0.3, -0.25) is 4.57 Å². The lowest BCUT2D eigenvalue weighted by molar-refractivity contribution is 0.550. The minimum absolute atomic E-state index is 0.0600. The molecule has 3 heterocycles. The zero-order valence-electron chi connectivity index (χ0n) is 31.4. The number of hydrogen-bond acceptors (Lipinski definition) is 4. The molecule has 4 aromatic carbocycles. The van der Waals surface area contributed by atoms with E-state index in [-0.39, 0.29) is 22.1 Å². The second kappa shape index (κ2) is 12.2. The molecule has 7 rings (SSSR count). The number of nitrogens with zero attached hydrogens (tertiary/aromatic N) is 5. The Morgan fingerprint density at radius 2 is 1.16 bits per heavy atom. The Hall–Kier alpha value is -5.23. The molecule has 7 aromatic rings. The molecule has 258 valence electrons. The summed E-state index contributed by atoms with van der Waals surface area (Å²) in [6, 6.07) is 30.0. The van der Waals surface area contributed by atoms with Crippen LogP contribution in [-0.2, 0) is 16.2 Å². The number of aromatic nitrogens is 5. The van der Waals surface area contributed by atoms with E-state index in [0.717, 1.165) is 44.3 Å². The average molecular weight is 676 g/mol. The van der Waals surface area contributed by atoms with Gasteiger partial charge in [0.2, 0.25) is 0 Å². The minimum Gasteiger partial charge on any atom is -0.294 e. The topological polar surface area (TPSA) is 56.5 Å². The van der Waals surface area contributed by atoms with E-state index in [2.05, 4.69) is 134 Å². The van der Waals surface area contributed by atoms with Gasteiger partial charge in [-0.1, -0.05) is 117 Å². The molecule has 0 N–H and O–H groups in total. The lowest BCUT2D eigenvalue weighted by Crippen LogP contribution is -2.23.